The minimum atomic E-state index is 0. The van der Waals surface area contributed by atoms with E-state index in [1.807, 2.05) is 0 Å². The van der Waals surface area contributed by atoms with Gasteiger partial charge in [-0.1, -0.05) is 59.2 Å². The second kappa shape index (κ2) is 7.56. The Bertz CT molecular complexity index is 288. The fourth-order valence-corrected chi connectivity index (χ4v) is 1.60. The van der Waals surface area contributed by atoms with Crippen LogP contribution in [0, 0.1) is 20.8 Å². The van der Waals surface area contributed by atoms with Gasteiger partial charge < -0.3 is 0 Å². The van der Waals surface area contributed by atoms with Gasteiger partial charge in [-0.15, -0.1) is 0 Å². The molecule has 1 aromatic rings. The maximum atomic E-state index is 2.19. The molecule has 0 N–H and O–H groups in total. The Kier molecular flexibility index (Phi) is 7.20. The standard InChI is InChI=1S/C9H12.C5H6.V/c1-7-4-8(2)6-9(3)5-7;1-2-4-5-3-1;/h4-6H,1-3H3;1-4H,5H2;. The fraction of sp³-hybridized carbons (Fsp3) is 0.286. The van der Waals surface area contributed by atoms with E-state index in [4.69, 9.17) is 0 Å². The minimum absolute atomic E-state index is 0. The van der Waals surface area contributed by atoms with E-state index in [0.717, 1.165) is 6.42 Å². The summed E-state index contributed by atoms with van der Waals surface area (Å²) < 4.78 is 0. The maximum absolute atomic E-state index is 2.19. The van der Waals surface area contributed by atoms with Gasteiger partial charge in [-0.05, 0) is 27.2 Å². The summed E-state index contributed by atoms with van der Waals surface area (Å²) in [6.07, 6.45) is 9.50. The van der Waals surface area contributed by atoms with Crippen LogP contribution in [0.2, 0.25) is 0 Å². The summed E-state index contributed by atoms with van der Waals surface area (Å²) in [6.45, 7) is 6.38. The van der Waals surface area contributed by atoms with Crippen LogP contribution < -0.4 is 0 Å². The van der Waals surface area contributed by atoms with Gasteiger partial charge in [0.05, 0.1) is 0 Å². The first-order chi connectivity index (χ1) is 6.68. The molecule has 0 nitrogen and oxygen atoms in total. The van der Waals surface area contributed by atoms with Crippen LogP contribution in [0.1, 0.15) is 23.1 Å². The number of allylic oxidation sites excluding steroid dienone is 4. The van der Waals surface area contributed by atoms with Crippen molar-refractivity contribution in [3.05, 3.63) is 59.2 Å². The van der Waals surface area contributed by atoms with Gasteiger partial charge in [0, 0.05) is 18.6 Å². The van der Waals surface area contributed by atoms with Gasteiger partial charge in [0.15, 0.2) is 0 Å². The van der Waals surface area contributed by atoms with Gasteiger partial charge in [-0.2, -0.15) is 0 Å². The normalized spacial score (nSPS) is 11.7. The average Bonchev–Trinajstić information content (AvgIpc) is 2.56. The third-order valence-electron chi connectivity index (χ3n) is 2.02. The SMILES string of the molecule is C1=CCC=C1.Cc1cc(C)cc(C)c1.[V]. The van der Waals surface area contributed by atoms with Crippen molar-refractivity contribution in [3.63, 3.8) is 0 Å². The molecule has 1 heteroatoms. The number of hydrogen-bond acceptors (Lipinski definition) is 0. The van der Waals surface area contributed by atoms with Gasteiger partial charge in [0.1, 0.15) is 0 Å². The van der Waals surface area contributed by atoms with Crippen LogP contribution >= 0.6 is 0 Å². The van der Waals surface area contributed by atoms with E-state index in [0.29, 0.717) is 0 Å². The molecule has 1 aliphatic carbocycles. The number of benzene rings is 1. The predicted molar refractivity (Wildman–Crippen MR) is 63.6 cm³/mol. The van der Waals surface area contributed by atoms with Gasteiger partial charge >= 0.3 is 0 Å². The van der Waals surface area contributed by atoms with Crippen molar-refractivity contribution in [1.29, 1.82) is 0 Å². The predicted octanol–water partition coefficient (Wildman–Crippen LogP) is 4.11. The third-order valence-corrected chi connectivity index (χ3v) is 2.02. The third kappa shape index (κ3) is 6.38. The molecular formula is C14H18V. The van der Waals surface area contributed by atoms with E-state index in [2.05, 4.69) is 63.3 Å². The van der Waals surface area contributed by atoms with Crippen LogP contribution in [0.15, 0.2) is 42.5 Å². The molecule has 2 rings (SSSR count). The van der Waals surface area contributed by atoms with E-state index in [1.165, 1.54) is 16.7 Å². The van der Waals surface area contributed by atoms with Crippen molar-refractivity contribution >= 4 is 0 Å². The van der Waals surface area contributed by atoms with Crippen LogP contribution in [0.3, 0.4) is 0 Å². The second-order valence-corrected chi connectivity index (χ2v) is 3.76. The zero-order valence-corrected chi connectivity index (χ0v) is 11.1. The Labute approximate surface area is 105 Å². The Balaban J connectivity index is 0.000000280. The largest absolute Gasteiger partial charge is 0.0808 e. The van der Waals surface area contributed by atoms with E-state index in [-0.39, 0.29) is 18.6 Å². The van der Waals surface area contributed by atoms with Crippen molar-refractivity contribution in [2.24, 2.45) is 0 Å². The summed E-state index contributed by atoms with van der Waals surface area (Å²) in [7, 11) is 0. The molecule has 0 bridgehead atoms. The van der Waals surface area contributed by atoms with Crippen LogP contribution in [0.4, 0.5) is 0 Å². The summed E-state index contributed by atoms with van der Waals surface area (Å²) >= 11 is 0. The summed E-state index contributed by atoms with van der Waals surface area (Å²) in [5, 5.41) is 0. The van der Waals surface area contributed by atoms with Gasteiger partial charge in [-0.25, -0.2) is 0 Å². The molecule has 79 valence electrons. The summed E-state index contributed by atoms with van der Waals surface area (Å²) in [5.41, 5.74) is 4.06. The Hall–Kier alpha value is -0.716. The smallest absolute Gasteiger partial charge is 0 e. The first-order valence-electron chi connectivity index (χ1n) is 5.05. The van der Waals surface area contributed by atoms with E-state index in [9.17, 15) is 0 Å². The van der Waals surface area contributed by atoms with Crippen LogP contribution in [0.25, 0.3) is 0 Å². The molecule has 0 unspecified atom stereocenters. The molecule has 0 amide bonds. The molecular weight excluding hydrogens is 219 g/mol. The Morgan fingerprint density at radius 1 is 0.733 bits per heavy atom. The molecule has 0 saturated carbocycles. The summed E-state index contributed by atoms with van der Waals surface area (Å²) in [4.78, 5) is 0. The molecule has 0 saturated heterocycles. The molecule has 0 aromatic heterocycles. The summed E-state index contributed by atoms with van der Waals surface area (Å²) in [5.74, 6) is 0. The molecule has 1 aliphatic rings. The Morgan fingerprint density at radius 3 is 1.27 bits per heavy atom. The van der Waals surface area contributed by atoms with Crippen molar-refractivity contribution in [1.82, 2.24) is 0 Å². The molecule has 1 radical (unpaired) electrons. The van der Waals surface area contributed by atoms with Crippen molar-refractivity contribution in [3.8, 4) is 0 Å². The number of aryl methyl sites for hydroxylation is 3. The molecule has 15 heavy (non-hydrogen) atoms. The van der Waals surface area contributed by atoms with E-state index < -0.39 is 0 Å². The van der Waals surface area contributed by atoms with Crippen LogP contribution in [-0.2, 0) is 18.6 Å². The van der Waals surface area contributed by atoms with Gasteiger partial charge in [0.2, 0.25) is 0 Å². The van der Waals surface area contributed by atoms with E-state index >= 15 is 0 Å². The maximum Gasteiger partial charge on any atom is 0 e. The van der Waals surface area contributed by atoms with Crippen molar-refractivity contribution in [2.75, 3.05) is 0 Å². The van der Waals surface area contributed by atoms with Crippen LogP contribution in [-0.4, -0.2) is 0 Å². The molecule has 0 atom stereocenters. The first-order valence-corrected chi connectivity index (χ1v) is 5.05. The zero-order chi connectivity index (χ0) is 10.4. The summed E-state index contributed by atoms with van der Waals surface area (Å²) in [6, 6.07) is 6.56. The molecule has 0 spiro atoms. The minimum Gasteiger partial charge on any atom is -0.0808 e. The van der Waals surface area contributed by atoms with Gasteiger partial charge in [0.25, 0.3) is 0 Å². The molecule has 0 fully saturated rings. The van der Waals surface area contributed by atoms with Crippen LogP contribution in [0.5, 0.6) is 0 Å². The molecule has 1 aromatic carbocycles. The first kappa shape index (κ1) is 14.3. The molecule has 0 aliphatic heterocycles. The fourth-order valence-electron chi connectivity index (χ4n) is 1.60. The Morgan fingerprint density at radius 2 is 1.07 bits per heavy atom. The van der Waals surface area contributed by atoms with Crippen molar-refractivity contribution < 1.29 is 18.6 Å². The zero-order valence-electron chi connectivity index (χ0n) is 9.70. The molecule has 0 heterocycles. The second-order valence-electron chi connectivity index (χ2n) is 3.76. The topological polar surface area (TPSA) is 0 Å². The van der Waals surface area contributed by atoms with E-state index in [1.54, 1.807) is 0 Å². The number of rotatable bonds is 0. The quantitative estimate of drug-likeness (QED) is 0.637. The average molecular weight is 237 g/mol. The number of hydrogen-bond donors (Lipinski definition) is 0. The monoisotopic (exact) mass is 237 g/mol. The van der Waals surface area contributed by atoms with Crippen molar-refractivity contribution in [2.45, 2.75) is 27.2 Å². The van der Waals surface area contributed by atoms with Gasteiger partial charge in [-0.3, -0.25) is 0 Å².